The molecule has 0 spiro atoms. The van der Waals surface area contributed by atoms with Gasteiger partial charge in [-0.2, -0.15) is 5.10 Å². The molecule has 2 aromatic heterocycles. The first-order valence-corrected chi connectivity index (χ1v) is 7.17. The zero-order chi connectivity index (χ0) is 14.9. The Morgan fingerprint density at radius 2 is 2.15 bits per heavy atom. The number of aliphatic hydroxyl groups excluding tert-OH is 1. The molecule has 2 heterocycles. The summed E-state index contributed by atoms with van der Waals surface area (Å²) in [5.74, 6) is -0.175. The molecule has 1 N–H and O–H groups in total. The Hall–Kier alpha value is -1.47. The molecule has 0 aliphatic rings. The van der Waals surface area contributed by atoms with Crippen molar-refractivity contribution in [1.29, 1.82) is 0 Å². The summed E-state index contributed by atoms with van der Waals surface area (Å²) in [6.07, 6.45) is 4.30. The Kier molecular flexibility index (Phi) is 4.39. The van der Waals surface area contributed by atoms with E-state index in [1.54, 1.807) is 28.7 Å². The van der Waals surface area contributed by atoms with Crippen molar-refractivity contribution in [2.24, 2.45) is 0 Å². The number of fused-ring (bicyclic) bond motifs is 1. The molecule has 0 radical (unpaired) electrons. The van der Waals surface area contributed by atoms with E-state index in [4.69, 9.17) is 0 Å². The third-order valence-electron chi connectivity index (χ3n) is 2.90. The van der Waals surface area contributed by atoms with E-state index in [0.717, 1.165) is 4.47 Å². The van der Waals surface area contributed by atoms with Gasteiger partial charge in [-0.25, -0.2) is 9.50 Å². The van der Waals surface area contributed by atoms with Crippen molar-refractivity contribution in [3.63, 3.8) is 0 Å². The lowest BCUT2D eigenvalue weighted by molar-refractivity contribution is 0.0580. The topological polar surface area (TPSA) is 70.7 Å². The maximum Gasteiger partial charge on any atom is 0.259 e. The number of aliphatic hydroxyl groups is 1. The van der Waals surface area contributed by atoms with Crippen LogP contribution in [0.5, 0.6) is 0 Å². The van der Waals surface area contributed by atoms with Crippen LogP contribution in [0.2, 0.25) is 0 Å². The van der Waals surface area contributed by atoms with Crippen LogP contribution in [0.15, 0.2) is 23.1 Å². The molecule has 20 heavy (non-hydrogen) atoms. The van der Waals surface area contributed by atoms with E-state index in [0.29, 0.717) is 11.2 Å². The highest BCUT2D eigenvalue weighted by molar-refractivity contribution is 9.10. The summed E-state index contributed by atoms with van der Waals surface area (Å²) in [6.45, 7) is 5.77. The first-order chi connectivity index (χ1) is 9.40. The average molecular weight is 341 g/mol. The minimum absolute atomic E-state index is 0.0116. The highest BCUT2D eigenvalue weighted by atomic mass is 79.9. The number of carbonyl (C=O) groups excluding carboxylic acids is 1. The van der Waals surface area contributed by atoms with Crippen LogP contribution in [-0.4, -0.2) is 49.2 Å². The van der Waals surface area contributed by atoms with Gasteiger partial charge in [-0.05, 0) is 36.7 Å². The number of hydrogen-bond acceptors (Lipinski definition) is 4. The lowest BCUT2D eigenvalue weighted by atomic mass is 10.2. The fraction of sp³-hybridized carbons (Fsp3) is 0.462. The molecule has 2 rings (SSSR count). The Balaban J connectivity index is 2.38. The van der Waals surface area contributed by atoms with E-state index in [-0.39, 0.29) is 18.5 Å². The number of carbonyl (C=O) groups is 1. The Bertz CT molecular complexity index is 624. The summed E-state index contributed by atoms with van der Waals surface area (Å²) in [4.78, 5) is 18.4. The molecule has 7 heteroatoms. The summed E-state index contributed by atoms with van der Waals surface area (Å²) < 4.78 is 2.34. The molecule has 6 nitrogen and oxygen atoms in total. The van der Waals surface area contributed by atoms with E-state index in [1.807, 2.05) is 13.8 Å². The van der Waals surface area contributed by atoms with Gasteiger partial charge in [-0.3, -0.25) is 4.79 Å². The van der Waals surface area contributed by atoms with E-state index in [2.05, 4.69) is 26.0 Å². The second-order valence-electron chi connectivity index (χ2n) is 5.00. The van der Waals surface area contributed by atoms with Gasteiger partial charge in [-0.15, -0.1) is 0 Å². The van der Waals surface area contributed by atoms with Gasteiger partial charge in [-0.1, -0.05) is 0 Å². The third-order valence-corrected chi connectivity index (χ3v) is 3.31. The van der Waals surface area contributed by atoms with Crippen LogP contribution < -0.4 is 0 Å². The van der Waals surface area contributed by atoms with Crippen LogP contribution in [-0.2, 0) is 0 Å². The number of amides is 1. The van der Waals surface area contributed by atoms with Crippen molar-refractivity contribution >= 4 is 27.5 Å². The first-order valence-electron chi connectivity index (χ1n) is 6.38. The van der Waals surface area contributed by atoms with Gasteiger partial charge in [0.1, 0.15) is 5.56 Å². The van der Waals surface area contributed by atoms with Crippen LogP contribution in [0.3, 0.4) is 0 Å². The summed E-state index contributed by atoms with van der Waals surface area (Å²) in [5, 5.41) is 13.7. The monoisotopic (exact) mass is 340 g/mol. The average Bonchev–Trinajstić information content (AvgIpc) is 2.77. The molecule has 0 aromatic carbocycles. The van der Waals surface area contributed by atoms with Gasteiger partial charge < -0.3 is 10.0 Å². The minimum Gasteiger partial charge on any atom is -0.392 e. The van der Waals surface area contributed by atoms with Crippen LogP contribution in [0.1, 0.15) is 31.1 Å². The van der Waals surface area contributed by atoms with E-state index in [1.165, 1.54) is 6.20 Å². The standard InChI is InChI=1S/C13H17BrN4O2/c1-8(2)17(6-9(3)19)13(20)11-5-16-18-7-10(14)4-15-12(11)18/h4-5,7-9,19H,6H2,1-3H3. The van der Waals surface area contributed by atoms with Gasteiger partial charge in [0, 0.05) is 25.0 Å². The molecule has 1 unspecified atom stereocenters. The fourth-order valence-electron chi connectivity index (χ4n) is 1.97. The van der Waals surface area contributed by atoms with Crippen LogP contribution in [0, 0.1) is 0 Å². The van der Waals surface area contributed by atoms with E-state index >= 15 is 0 Å². The normalized spacial score (nSPS) is 12.9. The molecule has 0 bridgehead atoms. The van der Waals surface area contributed by atoms with Crippen molar-refractivity contribution in [1.82, 2.24) is 19.5 Å². The molecule has 0 aliphatic carbocycles. The van der Waals surface area contributed by atoms with E-state index < -0.39 is 6.10 Å². The van der Waals surface area contributed by atoms with Gasteiger partial charge in [0.2, 0.25) is 0 Å². The molecule has 2 aromatic rings. The summed E-state index contributed by atoms with van der Waals surface area (Å²) >= 11 is 3.31. The summed E-state index contributed by atoms with van der Waals surface area (Å²) in [7, 11) is 0. The maximum atomic E-state index is 12.6. The van der Waals surface area contributed by atoms with Crippen molar-refractivity contribution < 1.29 is 9.90 Å². The summed E-state index contributed by atoms with van der Waals surface area (Å²) in [6, 6.07) is -0.0116. The Labute approximate surface area is 125 Å². The molecule has 0 saturated carbocycles. The maximum absolute atomic E-state index is 12.6. The zero-order valence-electron chi connectivity index (χ0n) is 11.6. The molecular formula is C13H17BrN4O2. The molecule has 1 amide bonds. The number of rotatable bonds is 4. The van der Waals surface area contributed by atoms with Gasteiger partial charge in [0.15, 0.2) is 5.65 Å². The van der Waals surface area contributed by atoms with Gasteiger partial charge in [0.25, 0.3) is 5.91 Å². The van der Waals surface area contributed by atoms with Crippen molar-refractivity contribution in [3.8, 4) is 0 Å². The molecule has 0 saturated heterocycles. The van der Waals surface area contributed by atoms with Crippen molar-refractivity contribution in [2.75, 3.05) is 6.54 Å². The highest BCUT2D eigenvalue weighted by Crippen LogP contribution is 2.16. The first kappa shape index (κ1) is 14.9. The quantitative estimate of drug-likeness (QED) is 0.919. The second-order valence-corrected chi connectivity index (χ2v) is 5.91. The Morgan fingerprint density at radius 3 is 2.75 bits per heavy atom. The third kappa shape index (κ3) is 2.99. The zero-order valence-corrected chi connectivity index (χ0v) is 13.2. The van der Waals surface area contributed by atoms with Crippen molar-refractivity contribution in [2.45, 2.75) is 32.9 Å². The number of halogens is 1. The number of nitrogens with zero attached hydrogens (tertiary/aromatic N) is 4. The molecule has 1 atom stereocenters. The molecule has 108 valence electrons. The highest BCUT2D eigenvalue weighted by Gasteiger charge is 2.23. The fourth-order valence-corrected chi connectivity index (χ4v) is 2.27. The number of hydrogen-bond donors (Lipinski definition) is 1. The number of aromatic nitrogens is 3. The largest absolute Gasteiger partial charge is 0.392 e. The molecule has 0 aliphatic heterocycles. The van der Waals surface area contributed by atoms with Crippen molar-refractivity contribution in [3.05, 3.63) is 28.6 Å². The second kappa shape index (κ2) is 5.88. The smallest absolute Gasteiger partial charge is 0.259 e. The summed E-state index contributed by atoms with van der Waals surface area (Å²) in [5.41, 5.74) is 0.946. The SMILES string of the molecule is CC(O)CN(C(=O)c1cnn2cc(Br)cnc12)C(C)C. The predicted octanol–water partition coefficient (Wildman–Crippen LogP) is 1.72. The lowest BCUT2D eigenvalue weighted by Crippen LogP contribution is -2.41. The minimum atomic E-state index is -0.578. The molecular weight excluding hydrogens is 324 g/mol. The predicted molar refractivity (Wildman–Crippen MR) is 78.5 cm³/mol. The lowest BCUT2D eigenvalue weighted by Gasteiger charge is -2.27. The van der Waals surface area contributed by atoms with E-state index in [9.17, 15) is 9.90 Å². The van der Waals surface area contributed by atoms with Gasteiger partial charge in [0.05, 0.1) is 16.8 Å². The van der Waals surface area contributed by atoms with Crippen LogP contribution >= 0.6 is 15.9 Å². The van der Waals surface area contributed by atoms with Crippen LogP contribution in [0.4, 0.5) is 0 Å². The molecule has 0 fully saturated rings. The van der Waals surface area contributed by atoms with Gasteiger partial charge >= 0.3 is 0 Å². The Morgan fingerprint density at radius 1 is 1.45 bits per heavy atom. The van der Waals surface area contributed by atoms with Crippen LogP contribution in [0.25, 0.3) is 5.65 Å².